The Morgan fingerprint density at radius 1 is 1.50 bits per heavy atom. The van der Waals surface area contributed by atoms with E-state index in [4.69, 9.17) is 0 Å². The molecule has 0 spiro atoms. The number of aromatic amines is 1. The molecule has 0 aliphatic carbocycles. The summed E-state index contributed by atoms with van der Waals surface area (Å²) in [6.07, 6.45) is 5.87. The van der Waals surface area contributed by atoms with Crippen LogP contribution in [-0.2, 0) is 0 Å². The molecule has 2 rings (SSSR count). The molecule has 2 N–H and O–H groups in total. The number of carbonyl (C=O) groups is 1. The molecule has 0 atom stereocenters. The smallest absolute Gasteiger partial charge is 0.259 e. The van der Waals surface area contributed by atoms with E-state index < -0.39 is 0 Å². The summed E-state index contributed by atoms with van der Waals surface area (Å²) >= 11 is 0. The van der Waals surface area contributed by atoms with Gasteiger partial charge in [-0.15, -0.1) is 0 Å². The van der Waals surface area contributed by atoms with Gasteiger partial charge in [0.2, 0.25) is 0 Å². The average molecular weight is 189 g/mol. The molecule has 14 heavy (non-hydrogen) atoms. The third kappa shape index (κ3) is 1.74. The first-order valence-corrected chi connectivity index (χ1v) is 3.92. The summed E-state index contributed by atoms with van der Waals surface area (Å²) in [5, 5.41) is 8.81. The molecule has 0 radical (unpaired) electrons. The second-order valence-corrected chi connectivity index (χ2v) is 2.54. The molecule has 0 fully saturated rings. The molecule has 0 saturated carbocycles. The Balaban J connectivity index is 2.10. The van der Waals surface area contributed by atoms with Crippen molar-refractivity contribution in [1.82, 2.24) is 20.2 Å². The fraction of sp³-hybridized carbons (Fsp3) is 0. The summed E-state index contributed by atoms with van der Waals surface area (Å²) in [6, 6.07) is 1.61. The molecule has 0 unspecified atom stereocenters. The van der Waals surface area contributed by atoms with Gasteiger partial charge in [-0.1, -0.05) is 0 Å². The van der Waals surface area contributed by atoms with Gasteiger partial charge in [-0.3, -0.25) is 9.89 Å². The molecule has 6 nitrogen and oxygen atoms in total. The molecule has 0 aromatic carbocycles. The Labute approximate surface area is 79.4 Å². The van der Waals surface area contributed by atoms with Gasteiger partial charge in [-0.05, 0) is 6.07 Å². The zero-order valence-corrected chi connectivity index (χ0v) is 7.14. The summed E-state index contributed by atoms with van der Waals surface area (Å²) in [5.41, 5.74) is 0.462. The monoisotopic (exact) mass is 189 g/mol. The van der Waals surface area contributed by atoms with Gasteiger partial charge in [0, 0.05) is 12.4 Å². The molecule has 1 amide bonds. The number of H-pyrrole nitrogens is 1. The van der Waals surface area contributed by atoms with Gasteiger partial charge in [-0.25, -0.2) is 9.97 Å². The Bertz CT molecular complexity index is 411. The number of aromatic nitrogens is 4. The fourth-order valence-corrected chi connectivity index (χ4v) is 0.928. The van der Waals surface area contributed by atoms with Crippen LogP contribution in [0.15, 0.2) is 31.0 Å². The van der Waals surface area contributed by atoms with Gasteiger partial charge < -0.3 is 5.32 Å². The molecule has 6 heteroatoms. The summed E-state index contributed by atoms with van der Waals surface area (Å²) < 4.78 is 0. The summed E-state index contributed by atoms with van der Waals surface area (Å²) in [4.78, 5) is 19.0. The van der Waals surface area contributed by atoms with Crippen molar-refractivity contribution in [3.05, 3.63) is 36.5 Å². The van der Waals surface area contributed by atoms with Crippen LogP contribution < -0.4 is 5.32 Å². The lowest BCUT2D eigenvalue weighted by molar-refractivity contribution is 0.102. The third-order valence-corrected chi connectivity index (χ3v) is 1.58. The maximum atomic E-state index is 11.4. The van der Waals surface area contributed by atoms with Crippen LogP contribution in [0, 0.1) is 0 Å². The van der Waals surface area contributed by atoms with E-state index in [2.05, 4.69) is 25.5 Å². The van der Waals surface area contributed by atoms with E-state index in [1.807, 2.05) is 0 Å². The molecule has 0 saturated heterocycles. The van der Waals surface area contributed by atoms with Gasteiger partial charge in [0.05, 0.1) is 11.8 Å². The zero-order valence-electron chi connectivity index (χ0n) is 7.14. The van der Waals surface area contributed by atoms with E-state index in [1.165, 1.54) is 18.7 Å². The molecule has 0 bridgehead atoms. The second kappa shape index (κ2) is 3.65. The minimum Gasteiger partial charge on any atom is -0.306 e. The average Bonchev–Trinajstić information content (AvgIpc) is 2.72. The number of nitrogens with zero attached hydrogens (tertiary/aromatic N) is 3. The van der Waals surface area contributed by atoms with Crippen molar-refractivity contribution in [1.29, 1.82) is 0 Å². The Hall–Kier alpha value is -2.24. The van der Waals surface area contributed by atoms with Crippen LogP contribution in [0.25, 0.3) is 0 Å². The molecular weight excluding hydrogens is 182 g/mol. The molecule has 0 aliphatic rings. The highest BCUT2D eigenvalue weighted by Crippen LogP contribution is 2.02. The highest BCUT2D eigenvalue weighted by atomic mass is 16.1. The van der Waals surface area contributed by atoms with Crippen molar-refractivity contribution in [2.75, 3.05) is 5.32 Å². The van der Waals surface area contributed by atoms with Crippen LogP contribution in [0.4, 0.5) is 5.82 Å². The Morgan fingerprint density at radius 2 is 2.43 bits per heavy atom. The lowest BCUT2D eigenvalue weighted by Gasteiger charge is -1.99. The first-order valence-electron chi connectivity index (χ1n) is 3.92. The van der Waals surface area contributed by atoms with Gasteiger partial charge in [0.15, 0.2) is 0 Å². The quantitative estimate of drug-likeness (QED) is 0.718. The summed E-state index contributed by atoms with van der Waals surface area (Å²) in [7, 11) is 0. The van der Waals surface area contributed by atoms with E-state index in [1.54, 1.807) is 12.3 Å². The number of amides is 1. The van der Waals surface area contributed by atoms with Crippen LogP contribution in [0.3, 0.4) is 0 Å². The molecule has 0 aliphatic heterocycles. The molecule has 70 valence electrons. The largest absolute Gasteiger partial charge is 0.306 e. The van der Waals surface area contributed by atoms with Crippen LogP contribution in [-0.4, -0.2) is 26.1 Å². The summed E-state index contributed by atoms with van der Waals surface area (Å²) in [6.45, 7) is 0. The lowest BCUT2D eigenvalue weighted by atomic mass is 10.3. The maximum absolute atomic E-state index is 11.4. The Morgan fingerprint density at radius 3 is 3.07 bits per heavy atom. The molecule has 2 heterocycles. The number of anilines is 1. The van der Waals surface area contributed by atoms with Crippen molar-refractivity contribution in [3.63, 3.8) is 0 Å². The van der Waals surface area contributed by atoms with E-state index in [-0.39, 0.29) is 5.91 Å². The van der Waals surface area contributed by atoms with Gasteiger partial charge in [0.1, 0.15) is 12.1 Å². The van der Waals surface area contributed by atoms with Crippen molar-refractivity contribution in [3.8, 4) is 0 Å². The highest BCUT2D eigenvalue weighted by Gasteiger charge is 2.06. The van der Waals surface area contributed by atoms with Crippen LogP contribution >= 0.6 is 0 Å². The minimum atomic E-state index is -0.252. The van der Waals surface area contributed by atoms with Crippen LogP contribution in [0.2, 0.25) is 0 Å². The van der Waals surface area contributed by atoms with Gasteiger partial charge in [0.25, 0.3) is 5.91 Å². The predicted molar refractivity (Wildman–Crippen MR) is 48.6 cm³/mol. The van der Waals surface area contributed by atoms with E-state index in [0.717, 1.165) is 0 Å². The highest BCUT2D eigenvalue weighted by molar-refractivity contribution is 6.03. The van der Waals surface area contributed by atoms with Crippen molar-refractivity contribution >= 4 is 11.7 Å². The Kier molecular flexibility index (Phi) is 2.18. The molecule has 2 aromatic heterocycles. The van der Waals surface area contributed by atoms with Crippen molar-refractivity contribution < 1.29 is 4.79 Å². The topological polar surface area (TPSA) is 83.6 Å². The first kappa shape index (κ1) is 8.36. The van der Waals surface area contributed by atoms with Gasteiger partial charge in [-0.2, -0.15) is 5.10 Å². The fourth-order valence-electron chi connectivity index (χ4n) is 0.928. The SMILES string of the molecule is O=C(Nc1ccncn1)c1cn[nH]c1. The van der Waals surface area contributed by atoms with Gasteiger partial charge >= 0.3 is 0 Å². The minimum absolute atomic E-state index is 0.252. The molecular formula is C8H7N5O. The normalized spacial score (nSPS) is 9.71. The molecule has 2 aromatic rings. The number of hydrogen-bond donors (Lipinski definition) is 2. The predicted octanol–water partition coefficient (Wildman–Crippen LogP) is 0.452. The van der Waals surface area contributed by atoms with Crippen molar-refractivity contribution in [2.45, 2.75) is 0 Å². The number of carbonyl (C=O) groups excluding carboxylic acids is 1. The lowest BCUT2D eigenvalue weighted by Crippen LogP contribution is -2.11. The maximum Gasteiger partial charge on any atom is 0.259 e. The first-order chi connectivity index (χ1) is 6.86. The number of nitrogens with one attached hydrogen (secondary N) is 2. The summed E-state index contributed by atoms with van der Waals surface area (Å²) in [5.74, 6) is 0.212. The third-order valence-electron chi connectivity index (χ3n) is 1.58. The van der Waals surface area contributed by atoms with E-state index in [9.17, 15) is 4.79 Å². The van der Waals surface area contributed by atoms with Crippen LogP contribution in [0.1, 0.15) is 10.4 Å². The zero-order chi connectivity index (χ0) is 9.80. The number of rotatable bonds is 2. The van der Waals surface area contributed by atoms with Crippen LogP contribution in [0.5, 0.6) is 0 Å². The second-order valence-electron chi connectivity index (χ2n) is 2.54. The van der Waals surface area contributed by atoms with Crippen molar-refractivity contribution in [2.24, 2.45) is 0 Å². The standard InChI is InChI=1S/C8H7N5O/c14-8(6-3-11-12-4-6)13-7-1-2-9-5-10-7/h1-5H,(H,11,12)(H,9,10,13,14). The van der Waals surface area contributed by atoms with E-state index in [0.29, 0.717) is 11.4 Å². The van der Waals surface area contributed by atoms with E-state index >= 15 is 0 Å². The number of hydrogen-bond acceptors (Lipinski definition) is 4.